The zero-order valence-electron chi connectivity index (χ0n) is 10.9. The molecule has 0 radical (unpaired) electrons. The van der Waals surface area contributed by atoms with E-state index in [0.717, 1.165) is 24.7 Å². The van der Waals surface area contributed by atoms with Crippen LogP contribution in [0.15, 0.2) is 18.2 Å². The van der Waals surface area contributed by atoms with Crippen molar-refractivity contribution in [3.8, 4) is 0 Å². The van der Waals surface area contributed by atoms with Crippen LogP contribution in [-0.2, 0) is 0 Å². The average Bonchev–Trinajstić information content (AvgIpc) is 2.39. The van der Waals surface area contributed by atoms with Crippen molar-refractivity contribution in [2.24, 2.45) is 0 Å². The van der Waals surface area contributed by atoms with E-state index in [-0.39, 0.29) is 5.54 Å². The molecule has 2 rings (SSSR count). The van der Waals surface area contributed by atoms with E-state index in [2.05, 4.69) is 37.1 Å². The molecular weight excluding hydrogens is 232 g/mol. The van der Waals surface area contributed by atoms with E-state index in [1.165, 1.54) is 17.7 Å². The van der Waals surface area contributed by atoms with E-state index in [9.17, 15) is 0 Å². The molecule has 0 spiro atoms. The number of rotatable bonds is 1. The zero-order chi connectivity index (χ0) is 12.5. The summed E-state index contributed by atoms with van der Waals surface area (Å²) < 4.78 is 0. The topological polar surface area (TPSA) is 15.3 Å². The standard InChI is InChI=1S/C14H21ClN2/c1-11-9-12(15)5-6-13(11)17-8-4-7-16-14(2,3)10-17/h5-6,9,16H,4,7-8,10H2,1-3H3. The summed E-state index contributed by atoms with van der Waals surface area (Å²) in [5.74, 6) is 0. The molecule has 0 amide bonds. The highest BCUT2D eigenvalue weighted by Crippen LogP contribution is 2.26. The number of hydrogen-bond donors (Lipinski definition) is 1. The van der Waals surface area contributed by atoms with Crippen LogP contribution in [0.1, 0.15) is 25.8 Å². The molecule has 1 aromatic rings. The molecule has 1 fully saturated rings. The number of hydrogen-bond acceptors (Lipinski definition) is 2. The van der Waals surface area contributed by atoms with Gasteiger partial charge in [-0.3, -0.25) is 0 Å². The lowest BCUT2D eigenvalue weighted by atomic mass is 10.0. The van der Waals surface area contributed by atoms with Gasteiger partial charge in [0, 0.05) is 29.3 Å². The molecule has 1 heterocycles. The molecule has 0 unspecified atom stereocenters. The highest BCUT2D eigenvalue weighted by atomic mass is 35.5. The van der Waals surface area contributed by atoms with E-state index in [1.54, 1.807) is 0 Å². The predicted octanol–water partition coefficient (Wildman–Crippen LogP) is 3.23. The van der Waals surface area contributed by atoms with Crippen LogP contribution in [0.2, 0.25) is 5.02 Å². The number of anilines is 1. The summed E-state index contributed by atoms with van der Waals surface area (Å²) in [5, 5.41) is 4.40. The van der Waals surface area contributed by atoms with Crippen molar-refractivity contribution >= 4 is 17.3 Å². The maximum Gasteiger partial charge on any atom is 0.0410 e. The van der Waals surface area contributed by atoms with Gasteiger partial charge >= 0.3 is 0 Å². The van der Waals surface area contributed by atoms with Gasteiger partial charge in [0.05, 0.1) is 0 Å². The van der Waals surface area contributed by atoms with E-state index >= 15 is 0 Å². The van der Waals surface area contributed by atoms with Gasteiger partial charge < -0.3 is 10.2 Å². The Labute approximate surface area is 109 Å². The van der Waals surface area contributed by atoms with Crippen LogP contribution < -0.4 is 10.2 Å². The third kappa shape index (κ3) is 3.14. The van der Waals surface area contributed by atoms with Crippen molar-refractivity contribution in [2.45, 2.75) is 32.7 Å². The van der Waals surface area contributed by atoms with Gasteiger partial charge in [-0.15, -0.1) is 0 Å². The molecule has 0 aromatic heterocycles. The maximum atomic E-state index is 6.01. The third-order valence-corrected chi connectivity index (χ3v) is 3.53. The predicted molar refractivity (Wildman–Crippen MR) is 75.1 cm³/mol. The quantitative estimate of drug-likeness (QED) is 0.826. The molecule has 94 valence electrons. The van der Waals surface area contributed by atoms with Crippen molar-refractivity contribution in [2.75, 3.05) is 24.5 Å². The minimum atomic E-state index is 0.169. The molecule has 17 heavy (non-hydrogen) atoms. The molecule has 2 nitrogen and oxygen atoms in total. The van der Waals surface area contributed by atoms with Gasteiger partial charge in [0.1, 0.15) is 0 Å². The van der Waals surface area contributed by atoms with E-state index in [0.29, 0.717) is 0 Å². The highest BCUT2D eigenvalue weighted by molar-refractivity contribution is 6.30. The van der Waals surface area contributed by atoms with Crippen molar-refractivity contribution in [1.29, 1.82) is 0 Å². The molecule has 1 N–H and O–H groups in total. The Bertz CT molecular complexity index is 401. The van der Waals surface area contributed by atoms with Crippen LogP contribution >= 0.6 is 11.6 Å². The number of benzene rings is 1. The molecule has 0 aliphatic carbocycles. The van der Waals surface area contributed by atoms with Gasteiger partial charge in [-0.1, -0.05) is 11.6 Å². The monoisotopic (exact) mass is 252 g/mol. The maximum absolute atomic E-state index is 6.01. The summed E-state index contributed by atoms with van der Waals surface area (Å²) in [6, 6.07) is 6.16. The summed E-state index contributed by atoms with van der Waals surface area (Å²) >= 11 is 6.01. The number of nitrogens with zero attached hydrogens (tertiary/aromatic N) is 1. The Balaban J connectivity index is 2.25. The Morgan fingerprint density at radius 1 is 1.35 bits per heavy atom. The lowest BCUT2D eigenvalue weighted by Gasteiger charge is -2.32. The third-order valence-electron chi connectivity index (χ3n) is 3.29. The number of halogens is 1. The van der Waals surface area contributed by atoms with Gasteiger partial charge in [0.25, 0.3) is 0 Å². The summed E-state index contributed by atoms with van der Waals surface area (Å²) in [5.41, 5.74) is 2.74. The molecule has 1 aromatic carbocycles. The highest BCUT2D eigenvalue weighted by Gasteiger charge is 2.24. The van der Waals surface area contributed by atoms with Crippen molar-refractivity contribution in [3.05, 3.63) is 28.8 Å². The minimum Gasteiger partial charge on any atom is -0.369 e. The SMILES string of the molecule is Cc1cc(Cl)ccc1N1CCCNC(C)(C)C1. The van der Waals surface area contributed by atoms with E-state index in [1.807, 2.05) is 12.1 Å². The van der Waals surface area contributed by atoms with E-state index in [4.69, 9.17) is 11.6 Å². The summed E-state index contributed by atoms with van der Waals surface area (Å²) in [6.07, 6.45) is 1.19. The second-order valence-corrected chi connectivity index (χ2v) is 5.95. The molecule has 1 saturated heterocycles. The fourth-order valence-corrected chi connectivity index (χ4v) is 2.71. The van der Waals surface area contributed by atoms with E-state index < -0.39 is 0 Å². The minimum absolute atomic E-state index is 0.169. The molecule has 1 aliphatic rings. The second kappa shape index (κ2) is 4.87. The molecular formula is C14H21ClN2. The second-order valence-electron chi connectivity index (χ2n) is 5.52. The molecule has 0 bridgehead atoms. The fourth-order valence-electron chi connectivity index (χ4n) is 2.49. The van der Waals surface area contributed by atoms with Gasteiger partial charge in [0.2, 0.25) is 0 Å². The lowest BCUT2D eigenvalue weighted by Crippen LogP contribution is -2.46. The molecule has 0 atom stereocenters. The number of aryl methyl sites for hydroxylation is 1. The van der Waals surface area contributed by atoms with Crippen molar-refractivity contribution in [3.63, 3.8) is 0 Å². The summed E-state index contributed by atoms with van der Waals surface area (Å²) in [4.78, 5) is 2.46. The van der Waals surface area contributed by atoms with Gasteiger partial charge in [-0.25, -0.2) is 0 Å². The largest absolute Gasteiger partial charge is 0.369 e. The first-order chi connectivity index (χ1) is 7.98. The van der Waals surface area contributed by atoms with Crippen LogP contribution in [0.5, 0.6) is 0 Å². The average molecular weight is 253 g/mol. The lowest BCUT2D eigenvalue weighted by molar-refractivity contribution is 0.416. The Hall–Kier alpha value is -0.730. The smallest absolute Gasteiger partial charge is 0.0410 e. The summed E-state index contributed by atoms with van der Waals surface area (Å²) in [6.45, 7) is 9.89. The van der Waals surface area contributed by atoms with Gasteiger partial charge in [-0.05, 0) is 57.5 Å². The Morgan fingerprint density at radius 3 is 2.82 bits per heavy atom. The number of nitrogens with one attached hydrogen (secondary N) is 1. The first kappa shape index (κ1) is 12.7. The van der Waals surface area contributed by atoms with Gasteiger partial charge in [0.15, 0.2) is 0 Å². The van der Waals surface area contributed by atoms with Crippen LogP contribution in [0.4, 0.5) is 5.69 Å². The van der Waals surface area contributed by atoms with Crippen LogP contribution in [0.25, 0.3) is 0 Å². The summed E-state index contributed by atoms with van der Waals surface area (Å²) in [7, 11) is 0. The Kier molecular flexibility index (Phi) is 3.64. The van der Waals surface area contributed by atoms with Crippen molar-refractivity contribution in [1.82, 2.24) is 5.32 Å². The Morgan fingerprint density at radius 2 is 2.12 bits per heavy atom. The van der Waals surface area contributed by atoms with Crippen molar-refractivity contribution < 1.29 is 0 Å². The molecule has 1 aliphatic heterocycles. The zero-order valence-corrected chi connectivity index (χ0v) is 11.6. The normalized spacial score (nSPS) is 20.1. The first-order valence-electron chi connectivity index (χ1n) is 6.24. The molecule has 3 heteroatoms. The van der Waals surface area contributed by atoms with Crippen LogP contribution in [0.3, 0.4) is 0 Å². The van der Waals surface area contributed by atoms with Crippen LogP contribution in [0, 0.1) is 6.92 Å². The molecule has 0 saturated carbocycles. The van der Waals surface area contributed by atoms with Crippen LogP contribution in [-0.4, -0.2) is 25.2 Å². The van der Waals surface area contributed by atoms with Gasteiger partial charge in [-0.2, -0.15) is 0 Å². The fraction of sp³-hybridized carbons (Fsp3) is 0.571. The first-order valence-corrected chi connectivity index (χ1v) is 6.62.